The molecule has 2 N–H and O–H groups in total. The fourth-order valence-electron chi connectivity index (χ4n) is 4.03. The summed E-state index contributed by atoms with van der Waals surface area (Å²) in [5.74, 6) is -0.0530. The Labute approximate surface area is 155 Å². The van der Waals surface area contributed by atoms with Crippen LogP contribution < -0.4 is 5.69 Å². The van der Waals surface area contributed by atoms with Crippen LogP contribution in [-0.2, 0) is 7.05 Å². The minimum atomic E-state index is -0.411. The van der Waals surface area contributed by atoms with Gasteiger partial charge < -0.3 is 10.0 Å². The average Bonchev–Trinajstić information content (AvgIpc) is 3.32. The number of aliphatic hydroxyl groups excluding tert-OH is 1. The summed E-state index contributed by atoms with van der Waals surface area (Å²) in [5.41, 5.74) is 3.30. The number of carbonyl (C=O) groups is 1. The van der Waals surface area contributed by atoms with Crippen molar-refractivity contribution in [2.75, 3.05) is 13.1 Å². The number of fused-ring (bicyclic) bond motifs is 1. The molecule has 7 heteroatoms. The van der Waals surface area contributed by atoms with Gasteiger partial charge in [-0.15, -0.1) is 0 Å². The Bertz CT molecular complexity index is 1130. The summed E-state index contributed by atoms with van der Waals surface area (Å²) < 4.78 is 1.52. The highest BCUT2D eigenvalue weighted by molar-refractivity contribution is 5.96. The molecule has 1 unspecified atom stereocenters. The number of β-amino-alcohol motifs (C(OH)–C–C–N with tert-alkyl or cyclic N) is 1. The second-order valence-electron chi connectivity index (χ2n) is 7.73. The first-order valence-electron chi connectivity index (χ1n) is 9.09. The molecule has 3 aromatic rings. The van der Waals surface area contributed by atoms with E-state index in [2.05, 4.69) is 9.97 Å². The molecule has 3 heterocycles. The van der Waals surface area contributed by atoms with E-state index in [0.29, 0.717) is 29.8 Å². The lowest BCUT2D eigenvalue weighted by Crippen LogP contribution is -2.29. The van der Waals surface area contributed by atoms with Gasteiger partial charge in [0.05, 0.1) is 11.6 Å². The highest BCUT2D eigenvalue weighted by Gasteiger charge is 2.55. The normalized spacial score (nSPS) is 20.5. The second kappa shape index (κ2) is 5.53. The van der Waals surface area contributed by atoms with Gasteiger partial charge in [-0.1, -0.05) is 12.1 Å². The average molecular weight is 364 g/mol. The highest BCUT2D eigenvalue weighted by atomic mass is 16.3. The van der Waals surface area contributed by atoms with Crippen molar-refractivity contribution >= 4 is 17.1 Å². The number of nitrogens with zero attached hydrogens (tertiary/aromatic N) is 3. The number of likely N-dealkylation sites (tertiary alicyclic amines) is 1. The van der Waals surface area contributed by atoms with Gasteiger partial charge in [-0.2, -0.15) is 0 Å². The molecule has 138 valence electrons. The van der Waals surface area contributed by atoms with Crippen LogP contribution in [-0.4, -0.2) is 49.6 Å². The Morgan fingerprint density at radius 3 is 2.85 bits per heavy atom. The first kappa shape index (κ1) is 16.3. The predicted molar refractivity (Wildman–Crippen MR) is 100 cm³/mol. The van der Waals surface area contributed by atoms with Crippen LogP contribution in [0.5, 0.6) is 0 Å². The lowest BCUT2D eigenvalue weighted by molar-refractivity contribution is 0.0764. The smallest absolute Gasteiger partial charge is 0.327 e. The van der Waals surface area contributed by atoms with E-state index < -0.39 is 6.10 Å². The number of imidazole rings is 1. The van der Waals surface area contributed by atoms with Crippen molar-refractivity contribution in [3.8, 4) is 11.1 Å². The van der Waals surface area contributed by atoms with E-state index in [1.807, 2.05) is 24.3 Å². The van der Waals surface area contributed by atoms with Crippen LogP contribution >= 0.6 is 0 Å². The summed E-state index contributed by atoms with van der Waals surface area (Å²) in [4.78, 5) is 33.5. The maximum Gasteiger partial charge on any atom is 0.327 e. The fourth-order valence-corrected chi connectivity index (χ4v) is 4.03. The molecule has 27 heavy (non-hydrogen) atoms. The van der Waals surface area contributed by atoms with Crippen molar-refractivity contribution in [2.45, 2.75) is 18.9 Å². The zero-order valence-electron chi connectivity index (χ0n) is 15.0. The Morgan fingerprint density at radius 1 is 1.30 bits per heavy atom. The molecule has 1 saturated carbocycles. The molecule has 0 bridgehead atoms. The number of aromatic amines is 1. The van der Waals surface area contributed by atoms with E-state index in [9.17, 15) is 14.7 Å². The van der Waals surface area contributed by atoms with Gasteiger partial charge in [-0.3, -0.25) is 14.3 Å². The fraction of sp³-hybridized carbons (Fsp3) is 0.350. The van der Waals surface area contributed by atoms with E-state index in [4.69, 9.17) is 0 Å². The van der Waals surface area contributed by atoms with Crippen LogP contribution in [0.3, 0.4) is 0 Å². The van der Waals surface area contributed by atoms with Gasteiger partial charge in [-0.05, 0) is 36.6 Å². The molecule has 0 radical (unpaired) electrons. The number of hydrogen-bond acceptors (Lipinski definition) is 4. The molecule has 2 aliphatic rings. The summed E-state index contributed by atoms with van der Waals surface area (Å²) in [7, 11) is 1.69. The summed E-state index contributed by atoms with van der Waals surface area (Å²) in [6, 6.07) is 9.31. The van der Waals surface area contributed by atoms with Crippen molar-refractivity contribution in [3.63, 3.8) is 0 Å². The van der Waals surface area contributed by atoms with Crippen molar-refractivity contribution in [3.05, 3.63) is 52.6 Å². The molecule has 7 nitrogen and oxygen atoms in total. The van der Waals surface area contributed by atoms with Gasteiger partial charge in [0.15, 0.2) is 5.65 Å². The Balaban J connectivity index is 1.48. The van der Waals surface area contributed by atoms with Crippen molar-refractivity contribution in [1.29, 1.82) is 0 Å². The zero-order chi connectivity index (χ0) is 18.8. The van der Waals surface area contributed by atoms with E-state index in [1.54, 1.807) is 24.2 Å². The minimum absolute atomic E-state index is 0.0530. The van der Waals surface area contributed by atoms with Crippen molar-refractivity contribution < 1.29 is 9.90 Å². The number of rotatable bonds is 2. The SMILES string of the molecule is Cn1c(=O)[nH]c2ncc(-c3cccc(C(=O)N4CC(O)C5(CC5)C4)c3)cc21. The van der Waals surface area contributed by atoms with Crippen LogP contribution in [0, 0.1) is 5.41 Å². The van der Waals surface area contributed by atoms with E-state index in [-0.39, 0.29) is 17.0 Å². The molecule has 2 aromatic heterocycles. The third kappa shape index (κ3) is 2.49. The molecule has 1 saturated heterocycles. The number of aromatic nitrogens is 3. The molecule has 1 atom stereocenters. The van der Waals surface area contributed by atoms with Gasteiger partial charge in [0.1, 0.15) is 0 Å². The number of carbonyl (C=O) groups excluding carboxylic acids is 1. The lowest BCUT2D eigenvalue weighted by Gasteiger charge is -2.16. The number of hydrogen-bond donors (Lipinski definition) is 2. The lowest BCUT2D eigenvalue weighted by atomic mass is 10.0. The number of benzene rings is 1. The number of aryl methyl sites for hydroxylation is 1. The minimum Gasteiger partial charge on any atom is -0.391 e. The molecule has 1 aromatic carbocycles. The number of aliphatic hydroxyl groups is 1. The molecule has 1 amide bonds. The van der Waals surface area contributed by atoms with Crippen LogP contribution in [0.4, 0.5) is 0 Å². The van der Waals surface area contributed by atoms with Crippen molar-refractivity contribution in [1.82, 2.24) is 19.4 Å². The van der Waals surface area contributed by atoms with Crippen molar-refractivity contribution in [2.24, 2.45) is 12.5 Å². The van der Waals surface area contributed by atoms with Crippen LogP contribution in [0.25, 0.3) is 22.3 Å². The Hall–Kier alpha value is -2.93. The van der Waals surface area contributed by atoms with Gasteiger partial charge >= 0.3 is 5.69 Å². The predicted octanol–water partition coefficient (Wildman–Crippen LogP) is 1.53. The summed E-state index contributed by atoms with van der Waals surface area (Å²) >= 11 is 0. The van der Waals surface area contributed by atoms with E-state index in [1.165, 1.54) is 4.57 Å². The largest absolute Gasteiger partial charge is 0.391 e. The monoisotopic (exact) mass is 364 g/mol. The molecule has 1 aliphatic heterocycles. The summed E-state index contributed by atoms with van der Waals surface area (Å²) in [6.45, 7) is 1.04. The first-order chi connectivity index (χ1) is 13.0. The molecule has 5 rings (SSSR count). The van der Waals surface area contributed by atoms with Crippen LogP contribution in [0.2, 0.25) is 0 Å². The second-order valence-corrected chi connectivity index (χ2v) is 7.73. The standard InChI is InChI=1S/C20H20N4O3/c1-23-15-8-14(9-21-17(15)22-19(23)27)12-3-2-4-13(7-12)18(26)24-10-16(25)20(11-24)5-6-20/h2-4,7-9,16,25H,5-6,10-11H2,1H3,(H,21,22,27). The Kier molecular flexibility index (Phi) is 3.33. The van der Waals surface area contributed by atoms with Crippen LogP contribution in [0.15, 0.2) is 41.3 Å². The van der Waals surface area contributed by atoms with Gasteiger partial charge in [0.2, 0.25) is 0 Å². The molecular weight excluding hydrogens is 344 g/mol. The molecule has 1 aliphatic carbocycles. The topological polar surface area (TPSA) is 91.2 Å². The summed E-state index contributed by atoms with van der Waals surface area (Å²) in [5, 5.41) is 10.2. The number of amides is 1. The van der Waals surface area contributed by atoms with Gasteiger partial charge in [0, 0.05) is 42.9 Å². The quantitative estimate of drug-likeness (QED) is 0.721. The van der Waals surface area contributed by atoms with E-state index in [0.717, 1.165) is 24.0 Å². The highest BCUT2D eigenvalue weighted by Crippen LogP contribution is 2.52. The number of nitrogens with one attached hydrogen (secondary N) is 1. The summed E-state index contributed by atoms with van der Waals surface area (Å²) in [6.07, 6.45) is 3.28. The zero-order valence-corrected chi connectivity index (χ0v) is 15.0. The van der Waals surface area contributed by atoms with Gasteiger partial charge in [-0.25, -0.2) is 9.78 Å². The number of H-pyrrole nitrogens is 1. The third-order valence-corrected chi connectivity index (χ3v) is 5.99. The molecule has 1 spiro atoms. The third-order valence-electron chi connectivity index (χ3n) is 5.99. The molecule has 2 fully saturated rings. The first-order valence-corrected chi connectivity index (χ1v) is 9.09. The van der Waals surface area contributed by atoms with E-state index >= 15 is 0 Å². The Morgan fingerprint density at radius 2 is 2.11 bits per heavy atom. The molecular formula is C20H20N4O3. The van der Waals surface area contributed by atoms with Gasteiger partial charge in [0.25, 0.3) is 5.91 Å². The maximum atomic E-state index is 12.9. The maximum absolute atomic E-state index is 12.9. The number of pyridine rings is 1. The van der Waals surface area contributed by atoms with Crippen LogP contribution in [0.1, 0.15) is 23.2 Å².